The molecule has 2 heterocycles. The lowest BCUT2D eigenvalue weighted by molar-refractivity contribution is -0.140. The Kier molecular flexibility index (Phi) is 9.38. The molecule has 10 heteroatoms. The minimum absolute atomic E-state index is 0.0645. The standard InChI is InChI=1S/C28H40FN5O4/c1-19(30-2)26(35)31-25(20-7-5-4-6-8-20)28(37)33-13-11-32(12-14-33)27(36)24-17-21-9-10-22(29)18-23(21)34(24)15-16-38-3/h9-10,17-20,25,30H,4-8,11-16H2,1-3H3,(H,31,35)/t19?,25-/m0/s1. The van der Waals surface area contributed by atoms with E-state index < -0.39 is 6.04 Å². The third-order valence-electron chi connectivity index (χ3n) is 7.99. The third-order valence-corrected chi connectivity index (χ3v) is 7.99. The van der Waals surface area contributed by atoms with Crippen LogP contribution in [0.15, 0.2) is 24.3 Å². The van der Waals surface area contributed by atoms with Crippen LogP contribution in [0.1, 0.15) is 49.5 Å². The van der Waals surface area contributed by atoms with Gasteiger partial charge in [0.05, 0.1) is 18.2 Å². The number of likely N-dealkylation sites (N-methyl/N-ethyl adjacent to an activating group) is 1. The summed E-state index contributed by atoms with van der Waals surface area (Å²) in [6, 6.07) is 5.36. The van der Waals surface area contributed by atoms with Crippen LogP contribution in [0.5, 0.6) is 0 Å². The molecule has 1 aliphatic heterocycles. The zero-order chi connectivity index (χ0) is 27.2. The van der Waals surface area contributed by atoms with Crippen molar-refractivity contribution in [3.63, 3.8) is 0 Å². The molecule has 0 spiro atoms. The van der Waals surface area contributed by atoms with Gasteiger partial charge in [-0.2, -0.15) is 0 Å². The van der Waals surface area contributed by atoms with Crippen molar-refractivity contribution < 1.29 is 23.5 Å². The minimum atomic E-state index is -0.549. The molecule has 1 aromatic heterocycles. The predicted molar refractivity (Wildman–Crippen MR) is 143 cm³/mol. The molecule has 1 saturated heterocycles. The fraction of sp³-hybridized carbons (Fsp3) is 0.607. The Balaban J connectivity index is 1.46. The normalized spacial score (nSPS) is 18.4. The van der Waals surface area contributed by atoms with Gasteiger partial charge in [-0.3, -0.25) is 14.4 Å². The number of nitrogens with zero attached hydrogens (tertiary/aromatic N) is 3. The molecule has 2 atom stereocenters. The molecular formula is C28H40FN5O4. The van der Waals surface area contributed by atoms with Crippen LogP contribution in [0.2, 0.25) is 0 Å². The molecule has 1 saturated carbocycles. The van der Waals surface area contributed by atoms with E-state index in [0.29, 0.717) is 50.5 Å². The first-order valence-corrected chi connectivity index (χ1v) is 13.7. The first-order valence-electron chi connectivity index (χ1n) is 13.7. The number of hydrogen-bond acceptors (Lipinski definition) is 5. The Morgan fingerprint density at radius 2 is 1.74 bits per heavy atom. The van der Waals surface area contributed by atoms with Gasteiger partial charge in [-0.05, 0) is 57.0 Å². The molecule has 38 heavy (non-hydrogen) atoms. The first kappa shape index (κ1) is 28.0. The molecule has 0 radical (unpaired) electrons. The molecule has 4 rings (SSSR count). The lowest BCUT2D eigenvalue weighted by Crippen LogP contribution is -2.59. The van der Waals surface area contributed by atoms with Gasteiger partial charge in [-0.15, -0.1) is 0 Å². The zero-order valence-electron chi connectivity index (χ0n) is 22.7. The molecule has 208 valence electrons. The summed E-state index contributed by atoms with van der Waals surface area (Å²) in [5.41, 5.74) is 1.14. The summed E-state index contributed by atoms with van der Waals surface area (Å²) >= 11 is 0. The van der Waals surface area contributed by atoms with Gasteiger partial charge in [-0.1, -0.05) is 19.3 Å². The lowest BCUT2D eigenvalue weighted by atomic mass is 9.83. The summed E-state index contributed by atoms with van der Waals surface area (Å²) in [4.78, 5) is 43.4. The molecule has 2 aromatic rings. The number of halogens is 1. The quantitative estimate of drug-likeness (QED) is 0.520. The second kappa shape index (κ2) is 12.7. The van der Waals surface area contributed by atoms with Crippen molar-refractivity contribution in [2.45, 2.75) is 57.7 Å². The van der Waals surface area contributed by atoms with E-state index in [9.17, 15) is 18.8 Å². The number of benzene rings is 1. The Bertz CT molecular complexity index is 1140. The number of methoxy groups -OCH3 is 1. The molecular weight excluding hydrogens is 489 g/mol. The van der Waals surface area contributed by atoms with E-state index in [0.717, 1.165) is 37.5 Å². The summed E-state index contributed by atoms with van der Waals surface area (Å²) in [7, 11) is 3.32. The Morgan fingerprint density at radius 3 is 2.39 bits per heavy atom. The van der Waals surface area contributed by atoms with E-state index in [1.54, 1.807) is 47.6 Å². The van der Waals surface area contributed by atoms with Crippen molar-refractivity contribution in [2.75, 3.05) is 46.9 Å². The smallest absolute Gasteiger partial charge is 0.270 e. The third kappa shape index (κ3) is 6.18. The molecule has 2 N–H and O–H groups in total. The minimum Gasteiger partial charge on any atom is -0.383 e. The number of nitrogens with one attached hydrogen (secondary N) is 2. The predicted octanol–water partition coefficient (Wildman–Crippen LogP) is 2.38. The number of rotatable bonds is 9. The van der Waals surface area contributed by atoms with Gasteiger partial charge < -0.3 is 29.7 Å². The lowest BCUT2D eigenvalue weighted by Gasteiger charge is -2.39. The van der Waals surface area contributed by atoms with Gasteiger partial charge in [0, 0.05) is 45.2 Å². The maximum Gasteiger partial charge on any atom is 0.270 e. The topological polar surface area (TPSA) is 95.9 Å². The second-order valence-corrected chi connectivity index (χ2v) is 10.4. The number of piperazine rings is 1. The van der Waals surface area contributed by atoms with Crippen molar-refractivity contribution in [3.8, 4) is 0 Å². The Labute approximate surface area is 223 Å². The molecule has 1 aromatic carbocycles. The van der Waals surface area contributed by atoms with Gasteiger partial charge in [0.15, 0.2) is 0 Å². The first-order chi connectivity index (χ1) is 18.3. The van der Waals surface area contributed by atoms with Crippen LogP contribution in [0.25, 0.3) is 10.9 Å². The molecule has 1 aliphatic carbocycles. The maximum absolute atomic E-state index is 14.0. The van der Waals surface area contributed by atoms with Crippen molar-refractivity contribution in [1.82, 2.24) is 25.0 Å². The van der Waals surface area contributed by atoms with E-state index in [2.05, 4.69) is 10.6 Å². The van der Waals surface area contributed by atoms with E-state index >= 15 is 0 Å². The number of carbonyl (C=O) groups excluding carboxylic acids is 3. The van der Waals surface area contributed by atoms with Crippen LogP contribution in [0.4, 0.5) is 4.39 Å². The summed E-state index contributed by atoms with van der Waals surface area (Å²) in [5.74, 6) is -0.620. The number of fused-ring (bicyclic) bond motifs is 1. The van der Waals surface area contributed by atoms with Gasteiger partial charge in [0.25, 0.3) is 5.91 Å². The second-order valence-electron chi connectivity index (χ2n) is 10.4. The Morgan fingerprint density at radius 1 is 1.05 bits per heavy atom. The monoisotopic (exact) mass is 529 g/mol. The highest BCUT2D eigenvalue weighted by Crippen LogP contribution is 2.28. The molecule has 2 fully saturated rings. The van der Waals surface area contributed by atoms with Crippen LogP contribution >= 0.6 is 0 Å². The average Bonchev–Trinajstić information content (AvgIpc) is 3.31. The number of carbonyl (C=O) groups is 3. The van der Waals surface area contributed by atoms with E-state index in [4.69, 9.17) is 4.74 Å². The van der Waals surface area contributed by atoms with Crippen LogP contribution in [-0.2, 0) is 20.9 Å². The largest absolute Gasteiger partial charge is 0.383 e. The highest BCUT2D eigenvalue weighted by atomic mass is 19.1. The van der Waals surface area contributed by atoms with Crippen molar-refractivity contribution in [3.05, 3.63) is 35.8 Å². The van der Waals surface area contributed by atoms with Crippen molar-refractivity contribution in [1.29, 1.82) is 0 Å². The van der Waals surface area contributed by atoms with E-state index in [1.807, 2.05) is 0 Å². The molecule has 2 aliphatic rings. The molecule has 0 bridgehead atoms. The number of aromatic nitrogens is 1. The molecule has 1 unspecified atom stereocenters. The van der Waals surface area contributed by atoms with Crippen molar-refractivity contribution in [2.24, 2.45) is 5.92 Å². The number of amides is 3. The summed E-state index contributed by atoms with van der Waals surface area (Å²) in [6.45, 7) is 4.19. The SMILES string of the molecule is CNC(C)C(=O)N[C@H](C(=O)N1CCN(C(=O)c2cc3ccc(F)cc3n2CCOC)CC1)C1CCCCC1. The molecule has 3 amide bonds. The molecule has 9 nitrogen and oxygen atoms in total. The van der Waals surface area contributed by atoms with Crippen LogP contribution in [0, 0.1) is 11.7 Å². The summed E-state index contributed by atoms with van der Waals surface area (Å²) < 4.78 is 21.0. The average molecular weight is 530 g/mol. The summed E-state index contributed by atoms with van der Waals surface area (Å²) in [6.07, 6.45) is 5.14. The fourth-order valence-corrected chi connectivity index (χ4v) is 5.57. The van der Waals surface area contributed by atoms with E-state index in [1.165, 1.54) is 12.1 Å². The number of hydrogen-bond donors (Lipinski definition) is 2. The van der Waals surface area contributed by atoms with Gasteiger partial charge >= 0.3 is 0 Å². The van der Waals surface area contributed by atoms with E-state index in [-0.39, 0.29) is 35.5 Å². The van der Waals surface area contributed by atoms with Gasteiger partial charge in [0.1, 0.15) is 17.6 Å². The zero-order valence-corrected chi connectivity index (χ0v) is 22.7. The van der Waals surface area contributed by atoms with Gasteiger partial charge in [-0.25, -0.2) is 4.39 Å². The summed E-state index contributed by atoms with van der Waals surface area (Å²) in [5, 5.41) is 6.76. The highest BCUT2D eigenvalue weighted by Gasteiger charge is 2.36. The van der Waals surface area contributed by atoms with Crippen LogP contribution in [0.3, 0.4) is 0 Å². The fourth-order valence-electron chi connectivity index (χ4n) is 5.57. The van der Waals surface area contributed by atoms with Crippen molar-refractivity contribution >= 4 is 28.6 Å². The van der Waals surface area contributed by atoms with Gasteiger partial charge in [0.2, 0.25) is 11.8 Å². The van der Waals surface area contributed by atoms with Crippen LogP contribution < -0.4 is 10.6 Å². The maximum atomic E-state index is 14.0. The number of ether oxygens (including phenoxy) is 1. The Hall–Kier alpha value is -2.98. The van der Waals surface area contributed by atoms with Crippen LogP contribution in [-0.4, -0.2) is 91.1 Å². The highest BCUT2D eigenvalue weighted by molar-refractivity contribution is 5.99.